The molecule has 1 aliphatic heterocycles. The van der Waals surface area contributed by atoms with E-state index in [2.05, 4.69) is 32.1 Å². The third-order valence-electron chi connectivity index (χ3n) is 6.52. The van der Waals surface area contributed by atoms with Gasteiger partial charge in [-0.05, 0) is 62.8 Å². The van der Waals surface area contributed by atoms with Gasteiger partial charge in [-0.2, -0.15) is 9.61 Å². The van der Waals surface area contributed by atoms with Gasteiger partial charge in [-0.1, -0.05) is 41.4 Å². The highest BCUT2D eigenvalue weighted by Crippen LogP contribution is 2.31. The third-order valence-corrected chi connectivity index (χ3v) is 8.87. The molecule has 10 nitrogen and oxygen atoms in total. The maximum absolute atomic E-state index is 12.9. The average Bonchev–Trinajstić information content (AvgIpc) is 3.33. The van der Waals surface area contributed by atoms with Crippen LogP contribution < -0.4 is 15.8 Å². The van der Waals surface area contributed by atoms with Crippen molar-refractivity contribution in [3.63, 3.8) is 0 Å². The summed E-state index contributed by atoms with van der Waals surface area (Å²) in [5, 5.41) is 7.45. The molecule has 0 spiro atoms. The number of rotatable bonds is 6. The summed E-state index contributed by atoms with van der Waals surface area (Å²) in [4.78, 5) is 19.5. The Morgan fingerprint density at radius 1 is 1.08 bits per heavy atom. The number of fused-ring (bicyclic) bond motifs is 1. The lowest BCUT2D eigenvalue weighted by molar-refractivity contribution is 0.0918. The summed E-state index contributed by atoms with van der Waals surface area (Å²) in [6, 6.07) is 11.1. The van der Waals surface area contributed by atoms with Crippen LogP contribution in [-0.4, -0.2) is 60.0 Å². The Kier molecular flexibility index (Phi) is 7.19. The molecule has 38 heavy (non-hydrogen) atoms. The van der Waals surface area contributed by atoms with Crippen molar-refractivity contribution in [2.75, 3.05) is 30.6 Å². The fraction of sp³-hybridized carbons (Fsp3) is 0.240. The fourth-order valence-corrected chi connectivity index (χ4v) is 6.19. The Hall–Kier alpha value is -3.38. The second kappa shape index (κ2) is 10.4. The summed E-state index contributed by atoms with van der Waals surface area (Å²) in [7, 11) is -1.89. The van der Waals surface area contributed by atoms with Crippen molar-refractivity contribution in [1.29, 1.82) is 0 Å². The van der Waals surface area contributed by atoms with E-state index in [1.54, 1.807) is 30.5 Å². The van der Waals surface area contributed by atoms with Crippen LogP contribution in [0, 0.1) is 0 Å². The molecule has 1 aliphatic rings. The number of nitrogen functional groups attached to an aromatic ring is 1. The molecule has 1 fully saturated rings. The Morgan fingerprint density at radius 2 is 1.79 bits per heavy atom. The number of piperidine rings is 1. The van der Waals surface area contributed by atoms with Crippen molar-refractivity contribution >= 4 is 56.3 Å². The minimum Gasteiger partial charge on any atom is -0.383 e. The van der Waals surface area contributed by atoms with Gasteiger partial charge >= 0.3 is 0 Å². The van der Waals surface area contributed by atoms with Crippen molar-refractivity contribution in [3.05, 3.63) is 70.5 Å². The maximum Gasteiger partial charge on any atom is 0.263 e. The number of benzene rings is 2. The number of sulfonamides is 1. The van der Waals surface area contributed by atoms with E-state index in [0.29, 0.717) is 33.8 Å². The number of likely N-dealkylation sites (tertiary alicyclic amines) is 1. The lowest BCUT2D eigenvalue weighted by Crippen LogP contribution is -2.43. The number of nitrogens with zero attached hydrogens (tertiary/aromatic N) is 4. The van der Waals surface area contributed by atoms with Crippen LogP contribution in [0.1, 0.15) is 23.2 Å². The van der Waals surface area contributed by atoms with Crippen molar-refractivity contribution in [2.24, 2.45) is 0 Å². The van der Waals surface area contributed by atoms with Crippen molar-refractivity contribution in [2.45, 2.75) is 23.8 Å². The first-order valence-corrected chi connectivity index (χ1v) is 14.1. The van der Waals surface area contributed by atoms with Crippen molar-refractivity contribution in [3.8, 4) is 11.1 Å². The summed E-state index contributed by atoms with van der Waals surface area (Å²) in [6.45, 7) is 1.87. The molecule has 13 heteroatoms. The molecule has 4 aromatic rings. The largest absolute Gasteiger partial charge is 0.383 e. The van der Waals surface area contributed by atoms with Gasteiger partial charge in [0.2, 0.25) is 0 Å². The number of hydrogen-bond acceptors (Lipinski definition) is 7. The highest BCUT2D eigenvalue weighted by molar-refractivity contribution is 7.92. The quantitative estimate of drug-likeness (QED) is 0.318. The van der Waals surface area contributed by atoms with Gasteiger partial charge in [0.15, 0.2) is 5.65 Å². The van der Waals surface area contributed by atoms with Gasteiger partial charge in [-0.25, -0.2) is 13.4 Å². The van der Waals surface area contributed by atoms with Crippen LogP contribution in [-0.2, 0) is 10.0 Å². The third kappa shape index (κ3) is 5.14. The Morgan fingerprint density at radius 3 is 2.50 bits per heavy atom. The van der Waals surface area contributed by atoms with Gasteiger partial charge in [0.05, 0.1) is 16.2 Å². The van der Waals surface area contributed by atoms with Gasteiger partial charge in [-0.3, -0.25) is 9.52 Å². The van der Waals surface area contributed by atoms with Gasteiger partial charge in [-0.15, -0.1) is 0 Å². The van der Waals surface area contributed by atoms with E-state index < -0.39 is 10.0 Å². The first-order chi connectivity index (χ1) is 18.1. The van der Waals surface area contributed by atoms with E-state index in [9.17, 15) is 13.2 Å². The molecule has 0 bridgehead atoms. The van der Waals surface area contributed by atoms with E-state index in [1.807, 2.05) is 0 Å². The average molecular weight is 574 g/mol. The molecule has 3 heterocycles. The molecule has 2 aromatic carbocycles. The molecule has 4 N–H and O–H groups in total. The van der Waals surface area contributed by atoms with Crippen LogP contribution in [0.4, 0.5) is 11.5 Å². The molecule has 0 saturated carbocycles. The summed E-state index contributed by atoms with van der Waals surface area (Å²) in [5.74, 6) is 0.0676. The zero-order valence-electron chi connectivity index (χ0n) is 20.4. The molecule has 2 aromatic heterocycles. The van der Waals surface area contributed by atoms with E-state index in [1.165, 1.54) is 28.9 Å². The zero-order valence-corrected chi connectivity index (χ0v) is 22.7. The molecule has 0 unspecified atom stereocenters. The number of carbonyl (C=O) groups is 1. The predicted molar refractivity (Wildman–Crippen MR) is 148 cm³/mol. The first kappa shape index (κ1) is 26.2. The summed E-state index contributed by atoms with van der Waals surface area (Å²) in [6.07, 6.45) is 4.81. The predicted octanol–water partition coefficient (Wildman–Crippen LogP) is 3.91. The normalized spacial score (nSPS) is 15.0. The van der Waals surface area contributed by atoms with Crippen LogP contribution >= 0.6 is 23.2 Å². The molecular weight excluding hydrogens is 549 g/mol. The Bertz CT molecular complexity index is 1620. The second-order valence-electron chi connectivity index (χ2n) is 9.14. The molecule has 0 atom stereocenters. The van der Waals surface area contributed by atoms with Crippen LogP contribution in [0.15, 0.2) is 59.8 Å². The van der Waals surface area contributed by atoms with Gasteiger partial charge in [0.25, 0.3) is 15.9 Å². The van der Waals surface area contributed by atoms with Gasteiger partial charge in [0, 0.05) is 23.5 Å². The van der Waals surface area contributed by atoms with E-state index >= 15 is 0 Å². The molecular formula is C25H25Cl2N7O3S. The summed E-state index contributed by atoms with van der Waals surface area (Å²) >= 11 is 12.0. The van der Waals surface area contributed by atoms with E-state index in [4.69, 9.17) is 28.9 Å². The van der Waals surface area contributed by atoms with Crippen LogP contribution in [0.3, 0.4) is 0 Å². The Labute approximate surface area is 229 Å². The number of nitrogens with one attached hydrogen (secondary N) is 2. The van der Waals surface area contributed by atoms with Crippen molar-refractivity contribution < 1.29 is 13.2 Å². The minimum absolute atomic E-state index is 0.0518. The molecule has 0 radical (unpaired) electrons. The van der Waals surface area contributed by atoms with E-state index in [0.717, 1.165) is 25.9 Å². The second-order valence-corrected chi connectivity index (χ2v) is 11.6. The molecule has 1 amide bonds. The standard InChI is InChI=1S/C25H25Cl2N7O3S/c1-33-11-9-16(10-12-33)31-25(35)19-14-30-34-23(28)18(13-29-24(19)34)15-5-7-17(8-6-15)32-38(36,37)21-4-2-3-20(26)22(21)27/h2-8,13-14,16,32H,9-12,28H2,1H3,(H,31,35). The SMILES string of the molecule is CN1CCC(NC(=O)c2cnn3c(N)c(-c4ccc(NS(=O)(=O)c5cccc(Cl)c5Cl)cc4)cnc23)CC1. The number of halogens is 2. The van der Waals surface area contributed by atoms with Crippen LogP contribution in [0.25, 0.3) is 16.8 Å². The smallest absolute Gasteiger partial charge is 0.263 e. The lowest BCUT2D eigenvalue weighted by atomic mass is 10.1. The van der Waals surface area contributed by atoms with E-state index in [-0.39, 0.29) is 26.9 Å². The number of amides is 1. The van der Waals surface area contributed by atoms with Gasteiger partial charge < -0.3 is 16.0 Å². The molecule has 198 valence electrons. The van der Waals surface area contributed by atoms with Gasteiger partial charge in [0.1, 0.15) is 16.3 Å². The zero-order chi connectivity index (χ0) is 27.0. The van der Waals surface area contributed by atoms with Crippen molar-refractivity contribution in [1.82, 2.24) is 24.8 Å². The summed E-state index contributed by atoms with van der Waals surface area (Å²) < 4.78 is 29.5. The number of aromatic nitrogens is 3. The monoisotopic (exact) mass is 573 g/mol. The first-order valence-electron chi connectivity index (χ1n) is 11.8. The molecule has 1 saturated heterocycles. The number of anilines is 2. The number of nitrogens with two attached hydrogens (primary N) is 1. The topological polar surface area (TPSA) is 135 Å². The minimum atomic E-state index is -3.96. The van der Waals surface area contributed by atoms with Crippen LogP contribution in [0.5, 0.6) is 0 Å². The highest BCUT2D eigenvalue weighted by atomic mass is 35.5. The molecule has 5 rings (SSSR count). The molecule has 0 aliphatic carbocycles. The van der Waals surface area contributed by atoms with Crippen LogP contribution in [0.2, 0.25) is 10.0 Å². The lowest BCUT2D eigenvalue weighted by Gasteiger charge is -2.29. The highest BCUT2D eigenvalue weighted by Gasteiger charge is 2.23. The Balaban J connectivity index is 1.35. The maximum atomic E-state index is 12.9. The number of carbonyl (C=O) groups excluding carboxylic acids is 1. The fourth-order valence-electron chi connectivity index (χ4n) is 4.37. The number of hydrogen-bond donors (Lipinski definition) is 3. The summed E-state index contributed by atoms with van der Waals surface area (Å²) in [5.41, 5.74) is 8.70.